The minimum absolute atomic E-state index is 0.470. The molecule has 0 N–H and O–H groups in total. The van der Waals surface area contributed by atoms with Gasteiger partial charge in [0.15, 0.2) is 8.38 Å². The average Bonchev–Trinajstić information content (AvgIpc) is 2.10. The van der Waals surface area contributed by atoms with Gasteiger partial charge in [-0.15, -0.1) is 0 Å². The molecule has 0 atom stereocenters. The highest BCUT2D eigenvalue weighted by Gasteiger charge is 2.10. The van der Waals surface area contributed by atoms with Crippen LogP contribution >= 0.6 is 8.38 Å². The molecular formula is C7H17O2P. The van der Waals surface area contributed by atoms with E-state index in [9.17, 15) is 0 Å². The van der Waals surface area contributed by atoms with E-state index in [1.54, 1.807) is 0 Å². The molecule has 0 unspecified atom stereocenters. The Bertz CT molecular complexity index is 62.6. The summed E-state index contributed by atoms with van der Waals surface area (Å²) < 4.78 is 10.5. The third kappa shape index (κ3) is 4.21. The first kappa shape index (κ1) is 10.3. The van der Waals surface area contributed by atoms with Crippen LogP contribution in [0.25, 0.3) is 0 Å². The second-order valence-corrected chi connectivity index (χ2v) is 3.48. The van der Waals surface area contributed by atoms with Crippen LogP contribution in [0.4, 0.5) is 0 Å². The van der Waals surface area contributed by atoms with E-state index in [4.69, 9.17) is 9.05 Å². The van der Waals surface area contributed by atoms with E-state index in [1.807, 2.05) is 13.8 Å². The van der Waals surface area contributed by atoms with Crippen LogP contribution in [-0.4, -0.2) is 19.4 Å². The van der Waals surface area contributed by atoms with Gasteiger partial charge in [0.25, 0.3) is 0 Å². The van der Waals surface area contributed by atoms with Gasteiger partial charge >= 0.3 is 0 Å². The first-order valence-electron chi connectivity index (χ1n) is 3.97. The highest BCUT2D eigenvalue weighted by Crippen LogP contribution is 2.40. The molecule has 1 rings (SSSR count). The summed E-state index contributed by atoms with van der Waals surface area (Å²) in [5.41, 5.74) is 0. The standard InChI is InChI=1S/C5H11O2P.C2H6/c1-2-8-6-4-3-5-7-8;1-2/h2-5H2,1H3;1-2H3. The molecule has 0 saturated carbocycles. The summed E-state index contributed by atoms with van der Waals surface area (Å²) in [5, 5.41) is 0. The van der Waals surface area contributed by atoms with E-state index in [1.165, 1.54) is 0 Å². The van der Waals surface area contributed by atoms with Crippen molar-refractivity contribution in [2.75, 3.05) is 19.4 Å². The number of hydrogen-bond acceptors (Lipinski definition) is 2. The third-order valence-corrected chi connectivity index (χ3v) is 2.47. The molecule has 62 valence electrons. The van der Waals surface area contributed by atoms with Crippen molar-refractivity contribution in [3.8, 4) is 0 Å². The Labute approximate surface area is 64.8 Å². The lowest BCUT2D eigenvalue weighted by molar-refractivity contribution is 0.182. The number of hydrogen-bond donors (Lipinski definition) is 0. The minimum atomic E-state index is -0.470. The Balaban J connectivity index is 0.000000371. The molecule has 1 aliphatic rings. The molecule has 1 aliphatic heterocycles. The van der Waals surface area contributed by atoms with Gasteiger partial charge in [0, 0.05) is 6.16 Å². The SMILES string of the molecule is CC.CCP1OCCCO1. The molecule has 0 aromatic heterocycles. The zero-order chi connectivity index (χ0) is 7.82. The zero-order valence-corrected chi connectivity index (χ0v) is 7.99. The van der Waals surface area contributed by atoms with Crippen LogP contribution in [0.15, 0.2) is 0 Å². The smallest absolute Gasteiger partial charge is 0.170 e. The maximum Gasteiger partial charge on any atom is 0.170 e. The van der Waals surface area contributed by atoms with Crippen molar-refractivity contribution >= 4 is 8.38 Å². The second-order valence-electron chi connectivity index (χ2n) is 1.67. The molecule has 0 aromatic carbocycles. The van der Waals surface area contributed by atoms with Gasteiger partial charge in [-0.05, 0) is 6.42 Å². The second kappa shape index (κ2) is 7.46. The number of rotatable bonds is 1. The van der Waals surface area contributed by atoms with Crippen LogP contribution in [0, 0.1) is 0 Å². The lowest BCUT2D eigenvalue weighted by Gasteiger charge is -2.20. The van der Waals surface area contributed by atoms with Crippen LogP contribution in [-0.2, 0) is 9.05 Å². The van der Waals surface area contributed by atoms with Crippen LogP contribution in [0.2, 0.25) is 0 Å². The van der Waals surface area contributed by atoms with Gasteiger partial charge in [0.2, 0.25) is 0 Å². The molecular weight excluding hydrogens is 147 g/mol. The molecule has 0 amide bonds. The van der Waals surface area contributed by atoms with E-state index < -0.39 is 8.38 Å². The summed E-state index contributed by atoms with van der Waals surface area (Å²) in [7, 11) is -0.470. The lowest BCUT2D eigenvalue weighted by atomic mass is 10.5. The van der Waals surface area contributed by atoms with Crippen LogP contribution in [0.3, 0.4) is 0 Å². The molecule has 10 heavy (non-hydrogen) atoms. The van der Waals surface area contributed by atoms with Gasteiger partial charge in [-0.3, -0.25) is 0 Å². The molecule has 0 aromatic rings. The van der Waals surface area contributed by atoms with Crippen LogP contribution < -0.4 is 0 Å². The summed E-state index contributed by atoms with van der Waals surface area (Å²) in [6, 6.07) is 0. The van der Waals surface area contributed by atoms with E-state index in [0.717, 1.165) is 25.8 Å². The monoisotopic (exact) mass is 164 g/mol. The molecule has 3 heteroatoms. The molecule has 1 fully saturated rings. The predicted octanol–water partition coefficient (Wildman–Crippen LogP) is 2.78. The zero-order valence-electron chi connectivity index (χ0n) is 7.09. The largest absolute Gasteiger partial charge is 0.334 e. The highest BCUT2D eigenvalue weighted by atomic mass is 31.2. The van der Waals surface area contributed by atoms with Crippen molar-refractivity contribution in [2.24, 2.45) is 0 Å². The van der Waals surface area contributed by atoms with E-state index in [2.05, 4.69) is 6.92 Å². The maximum atomic E-state index is 5.27. The van der Waals surface area contributed by atoms with Gasteiger partial charge < -0.3 is 9.05 Å². The van der Waals surface area contributed by atoms with Gasteiger partial charge in [-0.1, -0.05) is 20.8 Å². The Kier molecular flexibility index (Phi) is 7.72. The van der Waals surface area contributed by atoms with Crippen molar-refractivity contribution in [1.29, 1.82) is 0 Å². The van der Waals surface area contributed by atoms with Gasteiger partial charge in [0.1, 0.15) is 0 Å². The first-order chi connectivity index (χ1) is 4.93. The molecule has 0 aliphatic carbocycles. The van der Waals surface area contributed by atoms with Crippen molar-refractivity contribution in [1.82, 2.24) is 0 Å². The Morgan fingerprint density at radius 1 is 1.20 bits per heavy atom. The Morgan fingerprint density at radius 3 is 2.00 bits per heavy atom. The Hall–Kier alpha value is 0.350. The normalized spacial score (nSPS) is 19.5. The van der Waals surface area contributed by atoms with E-state index in [-0.39, 0.29) is 0 Å². The molecule has 0 spiro atoms. The van der Waals surface area contributed by atoms with Crippen LogP contribution in [0.5, 0.6) is 0 Å². The van der Waals surface area contributed by atoms with Gasteiger partial charge in [-0.25, -0.2) is 0 Å². The predicted molar refractivity (Wildman–Crippen MR) is 45.3 cm³/mol. The molecule has 0 bridgehead atoms. The molecule has 1 heterocycles. The summed E-state index contributed by atoms with van der Waals surface area (Å²) in [4.78, 5) is 0. The van der Waals surface area contributed by atoms with E-state index in [0.29, 0.717) is 0 Å². The third-order valence-electron chi connectivity index (χ3n) is 1.02. The fourth-order valence-electron chi connectivity index (χ4n) is 0.612. The highest BCUT2D eigenvalue weighted by molar-refractivity contribution is 7.47. The van der Waals surface area contributed by atoms with Gasteiger partial charge in [-0.2, -0.15) is 0 Å². The molecule has 0 radical (unpaired) electrons. The van der Waals surface area contributed by atoms with Gasteiger partial charge in [0.05, 0.1) is 13.2 Å². The maximum absolute atomic E-state index is 5.27. The van der Waals surface area contributed by atoms with Crippen LogP contribution in [0.1, 0.15) is 27.2 Å². The van der Waals surface area contributed by atoms with Crippen molar-refractivity contribution in [2.45, 2.75) is 27.2 Å². The minimum Gasteiger partial charge on any atom is -0.334 e. The Morgan fingerprint density at radius 2 is 1.70 bits per heavy atom. The summed E-state index contributed by atoms with van der Waals surface area (Å²) in [5.74, 6) is 0. The van der Waals surface area contributed by atoms with Crippen molar-refractivity contribution < 1.29 is 9.05 Å². The first-order valence-corrected chi connectivity index (χ1v) is 5.33. The quantitative estimate of drug-likeness (QED) is 0.555. The summed E-state index contributed by atoms with van der Waals surface area (Å²) in [6.07, 6.45) is 2.11. The van der Waals surface area contributed by atoms with E-state index >= 15 is 0 Å². The van der Waals surface area contributed by atoms with Crippen molar-refractivity contribution in [3.63, 3.8) is 0 Å². The molecule has 1 saturated heterocycles. The van der Waals surface area contributed by atoms with Crippen molar-refractivity contribution in [3.05, 3.63) is 0 Å². The molecule has 2 nitrogen and oxygen atoms in total. The lowest BCUT2D eigenvalue weighted by Crippen LogP contribution is -2.05. The summed E-state index contributed by atoms with van der Waals surface area (Å²) in [6.45, 7) is 7.90. The summed E-state index contributed by atoms with van der Waals surface area (Å²) >= 11 is 0. The topological polar surface area (TPSA) is 18.5 Å². The fourth-order valence-corrected chi connectivity index (χ4v) is 1.72. The average molecular weight is 164 g/mol. The fraction of sp³-hybridized carbons (Fsp3) is 1.00.